The first kappa shape index (κ1) is 10.7. The minimum Gasteiger partial charge on any atom is -0.397 e. The third kappa shape index (κ3) is 2.06. The summed E-state index contributed by atoms with van der Waals surface area (Å²) >= 11 is 0. The molecule has 1 heterocycles. The van der Waals surface area contributed by atoms with E-state index in [1.807, 2.05) is 19.1 Å². The standard InChI is InChI=1S/C14H16N2/c1-3-11-4-6-12(7-5-11)14-9-8-13(15)10(2)16-14/h4-9H,3,15H2,1-2H3. The van der Waals surface area contributed by atoms with Gasteiger partial charge in [0.15, 0.2) is 0 Å². The van der Waals surface area contributed by atoms with Gasteiger partial charge in [0.2, 0.25) is 0 Å². The van der Waals surface area contributed by atoms with Crippen LogP contribution in [0.25, 0.3) is 11.3 Å². The van der Waals surface area contributed by atoms with E-state index in [9.17, 15) is 0 Å². The molecule has 0 bridgehead atoms. The summed E-state index contributed by atoms with van der Waals surface area (Å²) in [5.41, 5.74) is 10.8. The molecule has 0 unspecified atom stereocenters. The highest BCUT2D eigenvalue weighted by molar-refractivity contribution is 5.62. The zero-order chi connectivity index (χ0) is 11.5. The Morgan fingerprint density at radius 2 is 1.75 bits per heavy atom. The fourth-order valence-electron chi connectivity index (χ4n) is 1.64. The van der Waals surface area contributed by atoms with Crippen molar-refractivity contribution in [3.63, 3.8) is 0 Å². The van der Waals surface area contributed by atoms with Crippen molar-refractivity contribution in [1.29, 1.82) is 0 Å². The normalized spacial score (nSPS) is 10.4. The third-order valence-electron chi connectivity index (χ3n) is 2.78. The van der Waals surface area contributed by atoms with Crippen molar-refractivity contribution in [2.24, 2.45) is 0 Å². The van der Waals surface area contributed by atoms with Crippen LogP contribution in [0.1, 0.15) is 18.2 Å². The van der Waals surface area contributed by atoms with Gasteiger partial charge in [0.05, 0.1) is 17.1 Å². The van der Waals surface area contributed by atoms with E-state index >= 15 is 0 Å². The SMILES string of the molecule is CCc1ccc(-c2ccc(N)c(C)n2)cc1. The van der Waals surface area contributed by atoms with Gasteiger partial charge in [-0.1, -0.05) is 31.2 Å². The maximum Gasteiger partial charge on any atom is 0.0706 e. The van der Waals surface area contributed by atoms with E-state index in [4.69, 9.17) is 5.73 Å². The van der Waals surface area contributed by atoms with Gasteiger partial charge < -0.3 is 5.73 Å². The Morgan fingerprint density at radius 3 is 2.31 bits per heavy atom. The number of nitrogens with two attached hydrogens (primary N) is 1. The van der Waals surface area contributed by atoms with E-state index < -0.39 is 0 Å². The number of hydrogen-bond donors (Lipinski definition) is 1. The van der Waals surface area contributed by atoms with Crippen LogP contribution in [-0.2, 0) is 6.42 Å². The zero-order valence-corrected chi connectivity index (χ0v) is 9.70. The largest absolute Gasteiger partial charge is 0.397 e. The maximum atomic E-state index is 5.75. The van der Waals surface area contributed by atoms with Gasteiger partial charge in [-0.25, -0.2) is 0 Å². The molecule has 0 fully saturated rings. The van der Waals surface area contributed by atoms with Gasteiger partial charge in [-0.3, -0.25) is 4.98 Å². The van der Waals surface area contributed by atoms with Crippen LogP contribution in [0.15, 0.2) is 36.4 Å². The lowest BCUT2D eigenvalue weighted by molar-refractivity contribution is 1.14. The highest BCUT2D eigenvalue weighted by Gasteiger charge is 2.01. The molecule has 1 aromatic carbocycles. The minimum atomic E-state index is 0.744. The summed E-state index contributed by atoms with van der Waals surface area (Å²) in [5.74, 6) is 0. The summed E-state index contributed by atoms with van der Waals surface area (Å²) in [6.07, 6.45) is 1.06. The lowest BCUT2D eigenvalue weighted by Crippen LogP contribution is -1.94. The molecule has 2 heteroatoms. The Labute approximate surface area is 96.1 Å². The molecule has 1 aromatic heterocycles. The fourth-order valence-corrected chi connectivity index (χ4v) is 1.64. The van der Waals surface area contributed by atoms with Gasteiger partial charge in [0.25, 0.3) is 0 Å². The van der Waals surface area contributed by atoms with Crippen LogP contribution in [0, 0.1) is 6.92 Å². The van der Waals surface area contributed by atoms with Crippen LogP contribution in [0.5, 0.6) is 0 Å². The first-order valence-electron chi connectivity index (χ1n) is 5.53. The van der Waals surface area contributed by atoms with Gasteiger partial charge in [-0.2, -0.15) is 0 Å². The third-order valence-corrected chi connectivity index (χ3v) is 2.78. The number of nitrogen functional groups attached to an aromatic ring is 1. The molecular formula is C14H16N2. The second-order valence-electron chi connectivity index (χ2n) is 3.92. The second kappa shape index (κ2) is 4.35. The molecule has 0 atom stereocenters. The highest BCUT2D eigenvalue weighted by atomic mass is 14.7. The molecule has 0 saturated carbocycles. The second-order valence-corrected chi connectivity index (χ2v) is 3.92. The van der Waals surface area contributed by atoms with E-state index in [0.717, 1.165) is 29.1 Å². The number of anilines is 1. The molecule has 0 saturated heterocycles. The predicted octanol–water partition coefficient (Wildman–Crippen LogP) is 3.20. The molecule has 2 aromatic rings. The predicted molar refractivity (Wildman–Crippen MR) is 68.2 cm³/mol. The van der Waals surface area contributed by atoms with Crippen molar-refractivity contribution < 1.29 is 0 Å². The topological polar surface area (TPSA) is 38.9 Å². The molecule has 0 aliphatic heterocycles. The monoisotopic (exact) mass is 212 g/mol. The summed E-state index contributed by atoms with van der Waals surface area (Å²) in [6.45, 7) is 4.08. The molecule has 0 aliphatic rings. The maximum absolute atomic E-state index is 5.75. The molecule has 2 N–H and O–H groups in total. The molecule has 16 heavy (non-hydrogen) atoms. The Kier molecular flexibility index (Phi) is 2.91. The summed E-state index contributed by atoms with van der Waals surface area (Å²) in [7, 11) is 0. The van der Waals surface area contributed by atoms with Crippen LogP contribution in [0.3, 0.4) is 0 Å². The van der Waals surface area contributed by atoms with Gasteiger partial charge >= 0.3 is 0 Å². The van der Waals surface area contributed by atoms with E-state index in [0.29, 0.717) is 0 Å². The first-order valence-corrected chi connectivity index (χ1v) is 5.53. The van der Waals surface area contributed by atoms with E-state index in [1.54, 1.807) is 0 Å². The van der Waals surface area contributed by atoms with Crippen molar-refractivity contribution in [3.05, 3.63) is 47.7 Å². The molecular weight excluding hydrogens is 196 g/mol. The number of nitrogens with zero attached hydrogens (tertiary/aromatic N) is 1. The average Bonchev–Trinajstić information content (AvgIpc) is 2.33. The molecule has 0 spiro atoms. The van der Waals surface area contributed by atoms with E-state index in [-0.39, 0.29) is 0 Å². The van der Waals surface area contributed by atoms with Crippen molar-refractivity contribution in [1.82, 2.24) is 4.98 Å². The molecule has 2 rings (SSSR count). The zero-order valence-electron chi connectivity index (χ0n) is 9.70. The minimum absolute atomic E-state index is 0.744. The van der Waals surface area contributed by atoms with Crippen molar-refractivity contribution >= 4 is 5.69 Å². The lowest BCUT2D eigenvalue weighted by Gasteiger charge is -2.05. The summed E-state index contributed by atoms with van der Waals surface area (Å²) in [5, 5.41) is 0. The number of aromatic nitrogens is 1. The Bertz CT molecular complexity index is 487. The summed E-state index contributed by atoms with van der Waals surface area (Å²) in [6, 6.07) is 12.4. The number of benzene rings is 1. The van der Waals surface area contributed by atoms with Crippen LogP contribution >= 0.6 is 0 Å². The van der Waals surface area contributed by atoms with Crippen molar-refractivity contribution in [3.8, 4) is 11.3 Å². The first-order chi connectivity index (χ1) is 7.70. The van der Waals surface area contributed by atoms with Crippen molar-refractivity contribution in [2.75, 3.05) is 5.73 Å². The highest BCUT2D eigenvalue weighted by Crippen LogP contribution is 2.20. The quantitative estimate of drug-likeness (QED) is 0.830. The van der Waals surface area contributed by atoms with Gasteiger partial charge in [-0.15, -0.1) is 0 Å². The smallest absolute Gasteiger partial charge is 0.0706 e. The number of hydrogen-bond acceptors (Lipinski definition) is 2. The van der Waals surface area contributed by atoms with Crippen LogP contribution in [-0.4, -0.2) is 4.98 Å². The lowest BCUT2D eigenvalue weighted by atomic mass is 10.1. The number of rotatable bonds is 2. The molecule has 82 valence electrons. The van der Waals surface area contributed by atoms with Crippen LogP contribution in [0.4, 0.5) is 5.69 Å². The van der Waals surface area contributed by atoms with Crippen molar-refractivity contribution in [2.45, 2.75) is 20.3 Å². The number of aryl methyl sites for hydroxylation is 2. The van der Waals surface area contributed by atoms with Crippen LogP contribution in [0.2, 0.25) is 0 Å². The van der Waals surface area contributed by atoms with Gasteiger partial charge in [-0.05, 0) is 31.0 Å². The number of pyridine rings is 1. The Balaban J connectivity index is 2.38. The molecule has 0 amide bonds. The summed E-state index contributed by atoms with van der Waals surface area (Å²) in [4.78, 5) is 4.47. The Morgan fingerprint density at radius 1 is 1.06 bits per heavy atom. The summed E-state index contributed by atoms with van der Waals surface area (Å²) < 4.78 is 0. The van der Waals surface area contributed by atoms with E-state index in [1.165, 1.54) is 5.56 Å². The molecule has 0 radical (unpaired) electrons. The van der Waals surface area contributed by atoms with Gasteiger partial charge in [0, 0.05) is 5.56 Å². The van der Waals surface area contributed by atoms with Gasteiger partial charge in [0.1, 0.15) is 0 Å². The van der Waals surface area contributed by atoms with Crippen LogP contribution < -0.4 is 5.73 Å². The molecule has 2 nitrogen and oxygen atoms in total. The Hall–Kier alpha value is -1.83. The fraction of sp³-hybridized carbons (Fsp3) is 0.214. The van der Waals surface area contributed by atoms with E-state index in [2.05, 4.69) is 36.2 Å². The molecule has 0 aliphatic carbocycles. The average molecular weight is 212 g/mol.